The van der Waals surface area contributed by atoms with Crippen molar-refractivity contribution in [2.24, 2.45) is 0 Å². The molecule has 0 aliphatic carbocycles. The van der Waals surface area contributed by atoms with Crippen molar-refractivity contribution in [1.82, 2.24) is 19.9 Å². The maximum Gasteiger partial charge on any atom is 0.292 e. The Morgan fingerprint density at radius 2 is 2.12 bits per heavy atom. The van der Waals surface area contributed by atoms with Crippen LogP contribution in [0.4, 0.5) is 0 Å². The van der Waals surface area contributed by atoms with Gasteiger partial charge in [-0.25, -0.2) is 0 Å². The molecule has 4 heterocycles. The van der Waals surface area contributed by atoms with Crippen LogP contribution in [0.15, 0.2) is 35.1 Å². The molecule has 6 nitrogen and oxygen atoms in total. The normalized spacial score (nSPS) is 21.6. The molecule has 0 aromatic carbocycles. The highest BCUT2D eigenvalue weighted by molar-refractivity contribution is 5.91. The highest BCUT2D eigenvalue weighted by atomic mass is 16.5. The fraction of sp³-hybridized carbons (Fsp3) is 0.526. The number of amides is 1. The average molecular weight is 340 g/mol. The van der Waals surface area contributed by atoms with E-state index in [4.69, 9.17) is 4.52 Å². The lowest BCUT2D eigenvalue weighted by Gasteiger charge is -2.31. The smallest absolute Gasteiger partial charge is 0.292 e. The molecule has 0 bridgehead atoms. The maximum absolute atomic E-state index is 12.4. The standard InChI is InChI=1S/C19H24N4O2/c24-19(23-9-1-2-10-23)18-11-17(21-25-18)16-6-4-8-22(14-16)13-15-5-3-7-20-12-15/h3,5,7,11-12,16H,1-2,4,6,8-10,13-14H2/t16-/m0/s1. The van der Waals surface area contributed by atoms with Gasteiger partial charge in [-0.3, -0.25) is 14.7 Å². The van der Waals surface area contributed by atoms with Crippen molar-refractivity contribution in [2.75, 3.05) is 26.2 Å². The zero-order chi connectivity index (χ0) is 17.1. The predicted octanol–water partition coefficient (Wildman–Crippen LogP) is 2.69. The third-order valence-electron chi connectivity index (χ3n) is 5.19. The molecule has 1 amide bonds. The van der Waals surface area contributed by atoms with Gasteiger partial charge < -0.3 is 9.42 Å². The molecule has 132 valence electrons. The van der Waals surface area contributed by atoms with Gasteiger partial charge in [-0.1, -0.05) is 11.2 Å². The summed E-state index contributed by atoms with van der Waals surface area (Å²) >= 11 is 0. The zero-order valence-corrected chi connectivity index (χ0v) is 14.4. The minimum Gasteiger partial charge on any atom is -0.351 e. The first kappa shape index (κ1) is 16.3. The minimum absolute atomic E-state index is 0.0146. The van der Waals surface area contributed by atoms with Crippen molar-refractivity contribution in [3.05, 3.63) is 47.6 Å². The van der Waals surface area contributed by atoms with Gasteiger partial charge in [0.25, 0.3) is 5.91 Å². The van der Waals surface area contributed by atoms with E-state index in [1.165, 1.54) is 5.56 Å². The summed E-state index contributed by atoms with van der Waals surface area (Å²) in [5, 5.41) is 4.21. The first-order chi connectivity index (χ1) is 12.3. The van der Waals surface area contributed by atoms with E-state index in [9.17, 15) is 4.79 Å². The molecule has 2 aliphatic heterocycles. The van der Waals surface area contributed by atoms with Gasteiger partial charge in [0.1, 0.15) is 0 Å². The Bertz CT molecular complexity index is 709. The van der Waals surface area contributed by atoms with Crippen LogP contribution in [0.1, 0.15) is 53.4 Å². The molecule has 2 aromatic heterocycles. The molecule has 0 saturated carbocycles. The van der Waals surface area contributed by atoms with E-state index in [0.717, 1.165) is 64.1 Å². The van der Waals surface area contributed by atoms with Gasteiger partial charge in [-0.05, 0) is 43.9 Å². The lowest BCUT2D eigenvalue weighted by molar-refractivity contribution is 0.0751. The maximum atomic E-state index is 12.4. The van der Waals surface area contributed by atoms with E-state index in [1.807, 2.05) is 23.2 Å². The first-order valence-electron chi connectivity index (χ1n) is 9.17. The predicted molar refractivity (Wildman–Crippen MR) is 93.1 cm³/mol. The largest absolute Gasteiger partial charge is 0.351 e. The number of pyridine rings is 1. The van der Waals surface area contributed by atoms with Crippen LogP contribution < -0.4 is 0 Å². The Morgan fingerprint density at radius 3 is 2.92 bits per heavy atom. The van der Waals surface area contributed by atoms with Gasteiger partial charge in [-0.15, -0.1) is 0 Å². The van der Waals surface area contributed by atoms with E-state index in [1.54, 1.807) is 6.20 Å². The molecular formula is C19H24N4O2. The molecule has 0 unspecified atom stereocenters. The fourth-order valence-electron chi connectivity index (χ4n) is 3.85. The van der Waals surface area contributed by atoms with Crippen molar-refractivity contribution in [3.8, 4) is 0 Å². The van der Waals surface area contributed by atoms with Crippen LogP contribution in [0.2, 0.25) is 0 Å². The number of likely N-dealkylation sites (tertiary alicyclic amines) is 2. The third kappa shape index (κ3) is 3.74. The van der Waals surface area contributed by atoms with Crippen LogP contribution in [-0.4, -0.2) is 52.0 Å². The summed E-state index contributed by atoms with van der Waals surface area (Å²) in [6, 6.07) is 5.95. The number of carbonyl (C=O) groups excluding carboxylic acids is 1. The van der Waals surface area contributed by atoms with Gasteiger partial charge in [0.15, 0.2) is 0 Å². The second-order valence-electron chi connectivity index (χ2n) is 7.05. The van der Waals surface area contributed by atoms with Crippen LogP contribution in [0, 0.1) is 0 Å². The van der Waals surface area contributed by atoms with E-state index < -0.39 is 0 Å². The molecule has 25 heavy (non-hydrogen) atoms. The number of aromatic nitrogens is 2. The summed E-state index contributed by atoms with van der Waals surface area (Å²) in [6.45, 7) is 4.59. The summed E-state index contributed by atoms with van der Waals surface area (Å²) in [5.74, 6) is 0.704. The fourth-order valence-corrected chi connectivity index (χ4v) is 3.85. The second-order valence-corrected chi connectivity index (χ2v) is 7.05. The minimum atomic E-state index is -0.0146. The summed E-state index contributed by atoms with van der Waals surface area (Å²) in [4.78, 5) is 20.9. The Morgan fingerprint density at radius 1 is 1.24 bits per heavy atom. The monoisotopic (exact) mass is 340 g/mol. The van der Waals surface area contributed by atoms with Crippen LogP contribution in [0.25, 0.3) is 0 Å². The Balaban J connectivity index is 1.40. The molecule has 1 atom stereocenters. The number of rotatable bonds is 4. The SMILES string of the molecule is O=C(c1cc([C@H]2CCCN(Cc3cccnc3)C2)no1)N1CCCC1. The van der Waals surface area contributed by atoms with Crippen LogP contribution >= 0.6 is 0 Å². The first-order valence-corrected chi connectivity index (χ1v) is 9.17. The number of nitrogens with zero attached hydrogens (tertiary/aromatic N) is 4. The Kier molecular flexibility index (Phi) is 4.78. The lowest BCUT2D eigenvalue weighted by Crippen LogP contribution is -2.34. The van der Waals surface area contributed by atoms with Gasteiger partial charge >= 0.3 is 0 Å². The number of carbonyl (C=O) groups is 1. The molecule has 2 saturated heterocycles. The summed E-state index contributed by atoms with van der Waals surface area (Å²) in [5.41, 5.74) is 2.15. The Hall–Kier alpha value is -2.21. The van der Waals surface area contributed by atoms with Crippen LogP contribution in [0.5, 0.6) is 0 Å². The molecule has 2 aliphatic rings. The molecular weight excluding hydrogens is 316 g/mol. The average Bonchev–Trinajstić information content (AvgIpc) is 3.34. The number of piperidine rings is 1. The van der Waals surface area contributed by atoms with Crippen molar-refractivity contribution < 1.29 is 9.32 Å². The summed E-state index contributed by atoms with van der Waals surface area (Å²) in [7, 11) is 0. The second kappa shape index (κ2) is 7.35. The van der Waals surface area contributed by atoms with Gasteiger partial charge in [0, 0.05) is 50.6 Å². The lowest BCUT2D eigenvalue weighted by atomic mass is 9.94. The third-order valence-corrected chi connectivity index (χ3v) is 5.19. The van der Waals surface area contributed by atoms with Crippen LogP contribution in [0.3, 0.4) is 0 Å². The topological polar surface area (TPSA) is 62.5 Å². The summed E-state index contributed by atoms with van der Waals surface area (Å²) in [6.07, 6.45) is 8.11. The van der Waals surface area contributed by atoms with E-state index >= 15 is 0 Å². The van der Waals surface area contributed by atoms with Crippen molar-refractivity contribution in [2.45, 2.75) is 38.1 Å². The molecule has 4 rings (SSSR count). The van der Waals surface area contributed by atoms with Gasteiger partial charge in [0.05, 0.1) is 5.69 Å². The van der Waals surface area contributed by atoms with Crippen LogP contribution in [-0.2, 0) is 6.54 Å². The van der Waals surface area contributed by atoms with Gasteiger partial charge in [-0.2, -0.15) is 0 Å². The molecule has 6 heteroatoms. The molecule has 2 aromatic rings. The van der Waals surface area contributed by atoms with E-state index in [2.05, 4.69) is 21.1 Å². The quantitative estimate of drug-likeness (QED) is 0.856. The molecule has 0 radical (unpaired) electrons. The van der Waals surface area contributed by atoms with Crippen molar-refractivity contribution in [1.29, 1.82) is 0 Å². The zero-order valence-electron chi connectivity index (χ0n) is 14.4. The van der Waals surface area contributed by atoms with E-state index in [-0.39, 0.29) is 5.91 Å². The van der Waals surface area contributed by atoms with Crippen molar-refractivity contribution >= 4 is 5.91 Å². The molecule has 0 N–H and O–H groups in total. The highest BCUT2D eigenvalue weighted by Gasteiger charge is 2.27. The summed E-state index contributed by atoms with van der Waals surface area (Å²) < 4.78 is 5.38. The van der Waals surface area contributed by atoms with E-state index in [0.29, 0.717) is 11.7 Å². The van der Waals surface area contributed by atoms with Gasteiger partial charge in [0.2, 0.25) is 5.76 Å². The number of hydrogen-bond acceptors (Lipinski definition) is 5. The van der Waals surface area contributed by atoms with Crippen molar-refractivity contribution in [3.63, 3.8) is 0 Å². The number of hydrogen-bond donors (Lipinski definition) is 0. The highest BCUT2D eigenvalue weighted by Crippen LogP contribution is 2.28. The molecule has 0 spiro atoms. The molecule has 2 fully saturated rings. The Labute approximate surface area is 147 Å².